The van der Waals surface area contributed by atoms with Crippen LogP contribution in [0.15, 0.2) is 18.5 Å². The van der Waals surface area contributed by atoms with Gasteiger partial charge in [0.2, 0.25) is 0 Å². The fourth-order valence-corrected chi connectivity index (χ4v) is 1.66. The standard InChI is InChI=1S/C12H15F2N5/c1-8-6-10(17-16-9(8)2)18(3)7-11-15-4-5-19(11)12(13)14/h4-6,12H,7H2,1-3H3. The van der Waals surface area contributed by atoms with Crippen LogP contribution in [-0.4, -0.2) is 26.8 Å². The number of aryl methyl sites for hydroxylation is 2. The highest BCUT2D eigenvalue weighted by Gasteiger charge is 2.14. The fourth-order valence-electron chi connectivity index (χ4n) is 1.66. The minimum atomic E-state index is -2.59. The number of rotatable bonds is 4. The number of anilines is 1. The molecule has 0 aromatic carbocycles. The van der Waals surface area contributed by atoms with Crippen molar-refractivity contribution in [3.05, 3.63) is 35.5 Å². The van der Waals surface area contributed by atoms with Crippen LogP contribution in [0.2, 0.25) is 0 Å². The lowest BCUT2D eigenvalue weighted by atomic mass is 10.2. The van der Waals surface area contributed by atoms with E-state index in [1.165, 1.54) is 12.4 Å². The molecule has 0 aliphatic carbocycles. The zero-order valence-electron chi connectivity index (χ0n) is 11.0. The number of hydrogen-bond donors (Lipinski definition) is 0. The van der Waals surface area contributed by atoms with Gasteiger partial charge in [-0.3, -0.25) is 4.57 Å². The second-order valence-corrected chi connectivity index (χ2v) is 4.36. The van der Waals surface area contributed by atoms with Crippen LogP contribution in [-0.2, 0) is 6.54 Å². The topological polar surface area (TPSA) is 46.8 Å². The molecule has 2 aromatic heterocycles. The first-order chi connectivity index (χ1) is 8.99. The summed E-state index contributed by atoms with van der Waals surface area (Å²) in [5, 5.41) is 8.06. The molecule has 2 rings (SSSR count). The highest BCUT2D eigenvalue weighted by molar-refractivity contribution is 5.39. The zero-order valence-corrected chi connectivity index (χ0v) is 11.0. The average molecular weight is 267 g/mol. The van der Waals surface area contributed by atoms with E-state index in [1.807, 2.05) is 19.9 Å². The molecule has 0 aliphatic rings. The Balaban J connectivity index is 2.18. The third kappa shape index (κ3) is 2.86. The van der Waals surface area contributed by atoms with Crippen molar-refractivity contribution in [3.8, 4) is 0 Å². The lowest BCUT2D eigenvalue weighted by Gasteiger charge is -2.18. The SMILES string of the molecule is Cc1cc(N(C)Cc2nccn2C(F)F)nnc1C. The molecule has 0 fully saturated rings. The van der Waals surface area contributed by atoms with Crippen LogP contribution in [0.5, 0.6) is 0 Å². The Bertz CT molecular complexity index is 567. The van der Waals surface area contributed by atoms with E-state index in [1.54, 1.807) is 11.9 Å². The summed E-state index contributed by atoms with van der Waals surface area (Å²) < 4.78 is 26.3. The number of nitrogens with zero attached hydrogens (tertiary/aromatic N) is 5. The molecule has 7 heteroatoms. The second kappa shape index (κ2) is 5.29. The van der Waals surface area contributed by atoms with Gasteiger partial charge in [0.1, 0.15) is 5.82 Å². The van der Waals surface area contributed by atoms with Gasteiger partial charge in [-0.05, 0) is 25.5 Å². The van der Waals surface area contributed by atoms with Crippen molar-refractivity contribution in [2.24, 2.45) is 0 Å². The van der Waals surface area contributed by atoms with Crippen LogP contribution >= 0.6 is 0 Å². The van der Waals surface area contributed by atoms with Crippen LogP contribution in [0, 0.1) is 13.8 Å². The van der Waals surface area contributed by atoms with Crippen molar-refractivity contribution in [1.82, 2.24) is 19.7 Å². The van der Waals surface area contributed by atoms with Gasteiger partial charge in [-0.2, -0.15) is 13.9 Å². The van der Waals surface area contributed by atoms with Gasteiger partial charge in [0.25, 0.3) is 0 Å². The maximum absolute atomic E-state index is 12.7. The Kier molecular flexibility index (Phi) is 3.73. The number of imidazole rings is 1. The summed E-state index contributed by atoms with van der Waals surface area (Å²) in [5.41, 5.74) is 1.86. The number of halogens is 2. The molecule has 0 spiro atoms. The number of hydrogen-bond acceptors (Lipinski definition) is 4. The minimum absolute atomic E-state index is 0.245. The van der Waals surface area contributed by atoms with Crippen LogP contribution in [0.3, 0.4) is 0 Å². The van der Waals surface area contributed by atoms with Crippen LogP contribution < -0.4 is 4.90 Å². The fraction of sp³-hybridized carbons (Fsp3) is 0.417. The zero-order chi connectivity index (χ0) is 14.0. The summed E-state index contributed by atoms with van der Waals surface area (Å²) in [6.45, 7) is 1.46. The molecule has 2 aromatic rings. The molecule has 0 bridgehead atoms. The molecular formula is C12H15F2N5. The molecule has 2 heterocycles. The molecule has 0 atom stereocenters. The third-order valence-electron chi connectivity index (χ3n) is 2.95. The van der Waals surface area contributed by atoms with Crippen molar-refractivity contribution >= 4 is 5.82 Å². The Morgan fingerprint density at radius 1 is 1.32 bits per heavy atom. The van der Waals surface area contributed by atoms with Crippen LogP contribution in [0.25, 0.3) is 0 Å². The lowest BCUT2D eigenvalue weighted by Crippen LogP contribution is -2.21. The Morgan fingerprint density at radius 3 is 2.68 bits per heavy atom. The average Bonchev–Trinajstić information content (AvgIpc) is 2.80. The summed E-state index contributed by atoms with van der Waals surface area (Å²) in [6, 6.07) is 1.87. The van der Waals surface area contributed by atoms with Gasteiger partial charge in [-0.25, -0.2) is 4.98 Å². The van der Waals surface area contributed by atoms with E-state index in [0.29, 0.717) is 5.82 Å². The lowest BCUT2D eigenvalue weighted by molar-refractivity contribution is 0.0670. The van der Waals surface area contributed by atoms with Crippen molar-refractivity contribution in [3.63, 3.8) is 0 Å². The van der Waals surface area contributed by atoms with Gasteiger partial charge in [-0.1, -0.05) is 0 Å². The molecule has 0 radical (unpaired) electrons. The molecule has 0 N–H and O–H groups in total. The van der Waals surface area contributed by atoms with Gasteiger partial charge < -0.3 is 4.90 Å². The maximum Gasteiger partial charge on any atom is 0.319 e. The van der Waals surface area contributed by atoms with Crippen LogP contribution in [0.1, 0.15) is 23.6 Å². The molecule has 0 saturated carbocycles. The molecular weight excluding hydrogens is 252 g/mol. The van der Waals surface area contributed by atoms with Gasteiger partial charge in [-0.15, -0.1) is 5.10 Å². The Labute approximate surface area is 109 Å². The van der Waals surface area contributed by atoms with Gasteiger partial charge >= 0.3 is 6.55 Å². The molecule has 0 unspecified atom stereocenters. The smallest absolute Gasteiger partial charge is 0.319 e. The van der Waals surface area contributed by atoms with Crippen molar-refractivity contribution < 1.29 is 8.78 Å². The molecule has 0 amide bonds. The summed E-state index contributed by atoms with van der Waals surface area (Å²) >= 11 is 0. The largest absolute Gasteiger partial charge is 0.351 e. The quantitative estimate of drug-likeness (QED) is 0.853. The predicted molar refractivity (Wildman–Crippen MR) is 67.1 cm³/mol. The highest BCUT2D eigenvalue weighted by atomic mass is 19.3. The number of aromatic nitrogens is 4. The van der Waals surface area contributed by atoms with E-state index in [-0.39, 0.29) is 12.4 Å². The molecule has 102 valence electrons. The summed E-state index contributed by atoms with van der Waals surface area (Å²) in [4.78, 5) is 5.67. The van der Waals surface area contributed by atoms with Crippen molar-refractivity contribution in [1.29, 1.82) is 0 Å². The minimum Gasteiger partial charge on any atom is -0.351 e. The molecule has 0 aliphatic heterocycles. The van der Waals surface area contributed by atoms with Gasteiger partial charge in [0, 0.05) is 19.4 Å². The Hall–Kier alpha value is -2.05. The van der Waals surface area contributed by atoms with E-state index in [4.69, 9.17) is 0 Å². The molecule has 19 heavy (non-hydrogen) atoms. The highest BCUT2D eigenvalue weighted by Crippen LogP contribution is 2.17. The van der Waals surface area contributed by atoms with E-state index in [0.717, 1.165) is 15.8 Å². The molecule has 5 nitrogen and oxygen atoms in total. The molecule has 0 saturated heterocycles. The summed E-state index contributed by atoms with van der Waals surface area (Å²) in [7, 11) is 1.77. The van der Waals surface area contributed by atoms with Crippen molar-refractivity contribution in [2.75, 3.05) is 11.9 Å². The predicted octanol–water partition coefficient (Wildman–Crippen LogP) is 2.32. The Morgan fingerprint density at radius 2 is 2.05 bits per heavy atom. The second-order valence-electron chi connectivity index (χ2n) is 4.36. The van der Waals surface area contributed by atoms with E-state index < -0.39 is 6.55 Å². The van der Waals surface area contributed by atoms with Crippen LogP contribution in [0.4, 0.5) is 14.6 Å². The van der Waals surface area contributed by atoms with E-state index in [9.17, 15) is 8.78 Å². The monoisotopic (exact) mass is 267 g/mol. The summed E-state index contributed by atoms with van der Waals surface area (Å²) in [5.74, 6) is 0.921. The van der Waals surface area contributed by atoms with E-state index in [2.05, 4.69) is 15.2 Å². The first-order valence-corrected chi connectivity index (χ1v) is 5.81. The first-order valence-electron chi connectivity index (χ1n) is 5.81. The number of alkyl halides is 2. The maximum atomic E-state index is 12.7. The summed E-state index contributed by atoms with van der Waals surface area (Å²) in [6.07, 6.45) is 2.63. The van der Waals surface area contributed by atoms with Gasteiger partial charge in [0.05, 0.1) is 12.2 Å². The first kappa shape index (κ1) is 13.4. The van der Waals surface area contributed by atoms with E-state index >= 15 is 0 Å². The third-order valence-corrected chi connectivity index (χ3v) is 2.95. The van der Waals surface area contributed by atoms with Gasteiger partial charge in [0.15, 0.2) is 5.82 Å². The normalized spacial score (nSPS) is 11.1. The van der Waals surface area contributed by atoms with Crippen molar-refractivity contribution in [2.45, 2.75) is 26.9 Å².